The molecule has 22 heavy (non-hydrogen) atoms. The lowest BCUT2D eigenvalue weighted by Crippen LogP contribution is -2.13. The van der Waals surface area contributed by atoms with E-state index in [4.69, 9.17) is 0 Å². The zero-order chi connectivity index (χ0) is 16.5. The van der Waals surface area contributed by atoms with E-state index in [-0.39, 0.29) is 6.42 Å². The Morgan fingerprint density at radius 3 is 1.50 bits per heavy atom. The molecule has 0 aliphatic heterocycles. The molecule has 0 heterocycles. The highest BCUT2D eigenvalue weighted by atomic mass is 16.4. The van der Waals surface area contributed by atoms with Crippen LogP contribution in [0.15, 0.2) is 6.07 Å². The number of carboxylic acid groups (broad SMARTS) is 1. The molecule has 1 N–H and O–H groups in total. The highest BCUT2D eigenvalue weighted by Crippen LogP contribution is 2.29. The standard InChI is InChI=1S/C20H32O2/c1-5-9-15-13-16(10-6-2)18(12-8-4)19(14-20(21)22)17(15)11-7-3/h13H,5-12,14H2,1-4H3,(H,21,22). The first-order valence-corrected chi connectivity index (χ1v) is 8.95. The lowest BCUT2D eigenvalue weighted by atomic mass is 9.83. The molecule has 124 valence electrons. The van der Waals surface area contributed by atoms with Gasteiger partial charge in [-0.3, -0.25) is 4.79 Å². The van der Waals surface area contributed by atoms with Crippen LogP contribution in [0.2, 0.25) is 0 Å². The molecule has 0 spiro atoms. The van der Waals surface area contributed by atoms with Gasteiger partial charge in [0.15, 0.2) is 0 Å². The number of hydrogen-bond acceptors (Lipinski definition) is 1. The van der Waals surface area contributed by atoms with Crippen LogP contribution in [0.1, 0.15) is 81.2 Å². The summed E-state index contributed by atoms with van der Waals surface area (Å²) >= 11 is 0. The van der Waals surface area contributed by atoms with E-state index in [1.165, 1.54) is 22.3 Å². The summed E-state index contributed by atoms with van der Waals surface area (Å²) in [5.74, 6) is -0.703. The van der Waals surface area contributed by atoms with Gasteiger partial charge in [-0.05, 0) is 53.5 Å². The van der Waals surface area contributed by atoms with Gasteiger partial charge in [-0.1, -0.05) is 59.4 Å². The third-order valence-corrected chi connectivity index (χ3v) is 4.22. The Morgan fingerprint density at radius 1 is 0.773 bits per heavy atom. The second kappa shape index (κ2) is 9.66. The molecule has 1 aromatic rings. The van der Waals surface area contributed by atoms with Gasteiger partial charge >= 0.3 is 5.97 Å². The Hall–Kier alpha value is -1.31. The summed E-state index contributed by atoms with van der Waals surface area (Å²) < 4.78 is 0. The van der Waals surface area contributed by atoms with E-state index in [1.54, 1.807) is 0 Å². The van der Waals surface area contributed by atoms with Gasteiger partial charge in [-0.2, -0.15) is 0 Å². The zero-order valence-corrected chi connectivity index (χ0v) is 14.8. The smallest absolute Gasteiger partial charge is 0.307 e. The minimum atomic E-state index is -0.703. The molecule has 0 saturated heterocycles. The number of aliphatic carboxylic acids is 1. The van der Waals surface area contributed by atoms with Crippen molar-refractivity contribution in [2.75, 3.05) is 0 Å². The topological polar surface area (TPSA) is 37.3 Å². The molecule has 0 aromatic heterocycles. The summed E-state index contributed by atoms with van der Waals surface area (Å²) in [6, 6.07) is 2.38. The molecule has 0 radical (unpaired) electrons. The van der Waals surface area contributed by atoms with Crippen molar-refractivity contribution >= 4 is 5.97 Å². The van der Waals surface area contributed by atoms with E-state index >= 15 is 0 Å². The molecule has 1 rings (SSSR count). The molecule has 0 saturated carbocycles. The van der Waals surface area contributed by atoms with E-state index in [2.05, 4.69) is 33.8 Å². The fraction of sp³-hybridized carbons (Fsp3) is 0.650. The van der Waals surface area contributed by atoms with Crippen LogP contribution in [0.3, 0.4) is 0 Å². The summed E-state index contributed by atoms with van der Waals surface area (Å²) in [4.78, 5) is 11.4. The van der Waals surface area contributed by atoms with Gasteiger partial charge in [0.2, 0.25) is 0 Å². The van der Waals surface area contributed by atoms with Gasteiger partial charge in [0.25, 0.3) is 0 Å². The van der Waals surface area contributed by atoms with Crippen LogP contribution in [-0.4, -0.2) is 11.1 Å². The van der Waals surface area contributed by atoms with E-state index in [9.17, 15) is 9.90 Å². The van der Waals surface area contributed by atoms with Crippen LogP contribution < -0.4 is 0 Å². The molecule has 0 unspecified atom stereocenters. The summed E-state index contributed by atoms with van der Waals surface area (Å²) in [6.45, 7) is 8.76. The normalized spacial score (nSPS) is 10.9. The van der Waals surface area contributed by atoms with Crippen molar-refractivity contribution in [3.8, 4) is 0 Å². The Kier molecular flexibility index (Phi) is 8.22. The second-order valence-corrected chi connectivity index (χ2v) is 6.20. The lowest BCUT2D eigenvalue weighted by molar-refractivity contribution is -0.136. The molecule has 2 nitrogen and oxygen atoms in total. The maximum atomic E-state index is 11.4. The van der Waals surface area contributed by atoms with Crippen molar-refractivity contribution in [1.82, 2.24) is 0 Å². The van der Waals surface area contributed by atoms with Crippen LogP contribution in [0.5, 0.6) is 0 Å². The van der Waals surface area contributed by atoms with Gasteiger partial charge in [0.1, 0.15) is 0 Å². The van der Waals surface area contributed by atoms with Crippen molar-refractivity contribution in [2.45, 2.75) is 85.5 Å². The van der Waals surface area contributed by atoms with Crippen LogP contribution in [0, 0.1) is 0 Å². The fourth-order valence-corrected chi connectivity index (χ4v) is 3.43. The number of benzene rings is 1. The Bertz CT molecular complexity index is 455. The van der Waals surface area contributed by atoms with Crippen molar-refractivity contribution in [3.63, 3.8) is 0 Å². The summed E-state index contributed by atoms with van der Waals surface area (Å²) in [5.41, 5.74) is 6.57. The molecule has 2 heteroatoms. The summed E-state index contributed by atoms with van der Waals surface area (Å²) in [7, 11) is 0. The van der Waals surface area contributed by atoms with Crippen LogP contribution in [-0.2, 0) is 36.9 Å². The van der Waals surface area contributed by atoms with Gasteiger partial charge in [0, 0.05) is 0 Å². The van der Waals surface area contributed by atoms with E-state index in [0.717, 1.165) is 56.9 Å². The molecule has 0 aliphatic rings. The van der Waals surface area contributed by atoms with Crippen molar-refractivity contribution in [3.05, 3.63) is 33.9 Å². The molecule has 0 fully saturated rings. The SMILES string of the molecule is CCCc1cc(CCC)c(CCC)c(CC(=O)O)c1CCC. The molecule has 0 aliphatic carbocycles. The second-order valence-electron chi connectivity index (χ2n) is 6.20. The van der Waals surface area contributed by atoms with Gasteiger partial charge in [-0.25, -0.2) is 0 Å². The Balaban J connectivity index is 3.53. The molecule has 1 aromatic carbocycles. The molecule has 0 amide bonds. The maximum absolute atomic E-state index is 11.4. The fourth-order valence-electron chi connectivity index (χ4n) is 3.43. The predicted molar refractivity (Wildman–Crippen MR) is 93.8 cm³/mol. The number of carboxylic acids is 1. The van der Waals surface area contributed by atoms with E-state index in [0.29, 0.717) is 0 Å². The monoisotopic (exact) mass is 304 g/mol. The first kappa shape index (κ1) is 18.7. The van der Waals surface area contributed by atoms with Crippen molar-refractivity contribution in [1.29, 1.82) is 0 Å². The third kappa shape index (κ3) is 4.86. The maximum Gasteiger partial charge on any atom is 0.307 e. The van der Waals surface area contributed by atoms with Crippen LogP contribution >= 0.6 is 0 Å². The number of rotatable bonds is 10. The van der Waals surface area contributed by atoms with Crippen LogP contribution in [0.4, 0.5) is 0 Å². The lowest BCUT2D eigenvalue weighted by Gasteiger charge is -2.22. The van der Waals surface area contributed by atoms with E-state index < -0.39 is 5.97 Å². The molecular weight excluding hydrogens is 272 g/mol. The first-order valence-electron chi connectivity index (χ1n) is 8.95. The Labute approximate surface area is 135 Å². The van der Waals surface area contributed by atoms with Gasteiger partial charge in [0.05, 0.1) is 6.42 Å². The zero-order valence-electron chi connectivity index (χ0n) is 14.8. The third-order valence-electron chi connectivity index (χ3n) is 4.22. The average molecular weight is 304 g/mol. The average Bonchev–Trinajstić information content (AvgIpc) is 2.46. The van der Waals surface area contributed by atoms with Gasteiger partial charge < -0.3 is 5.11 Å². The van der Waals surface area contributed by atoms with E-state index in [1.807, 2.05) is 0 Å². The van der Waals surface area contributed by atoms with Crippen molar-refractivity contribution in [2.24, 2.45) is 0 Å². The molecular formula is C20H32O2. The first-order chi connectivity index (χ1) is 10.6. The minimum absolute atomic E-state index is 0.179. The Morgan fingerprint density at radius 2 is 1.18 bits per heavy atom. The predicted octanol–water partition coefficient (Wildman–Crippen LogP) is 5.12. The molecule has 0 bridgehead atoms. The quantitative estimate of drug-likeness (QED) is 0.651. The van der Waals surface area contributed by atoms with Crippen molar-refractivity contribution < 1.29 is 9.90 Å². The molecule has 0 atom stereocenters. The number of carbonyl (C=O) groups is 1. The minimum Gasteiger partial charge on any atom is -0.481 e. The van der Waals surface area contributed by atoms with Crippen LogP contribution in [0.25, 0.3) is 0 Å². The number of aryl methyl sites for hydroxylation is 2. The van der Waals surface area contributed by atoms with Gasteiger partial charge in [-0.15, -0.1) is 0 Å². The number of hydrogen-bond donors (Lipinski definition) is 1. The highest BCUT2D eigenvalue weighted by Gasteiger charge is 2.18. The largest absolute Gasteiger partial charge is 0.481 e. The summed E-state index contributed by atoms with van der Waals surface area (Å²) in [5, 5.41) is 9.39. The summed E-state index contributed by atoms with van der Waals surface area (Å²) in [6.07, 6.45) is 8.67. The highest BCUT2D eigenvalue weighted by molar-refractivity contribution is 5.72.